The lowest BCUT2D eigenvalue weighted by Crippen LogP contribution is -2.60. The highest BCUT2D eigenvalue weighted by atomic mass is 16.6. The van der Waals surface area contributed by atoms with Crippen LogP contribution in [-0.4, -0.2) is 84.7 Å². The van der Waals surface area contributed by atoms with E-state index in [1.54, 1.807) is 32.7 Å². The quantitative estimate of drug-likeness (QED) is 0.279. The number of rotatable bonds is 15. The van der Waals surface area contributed by atoms with Crippen LogP contribution in [0.2, 0.25) is 0 Å². The number of amides is 3. The molecule has 10 nitrogen and oxygen atoms in total. The molecule has 43 heavy (non-hydrogen) atoms. The molecule has 3 amide bonds. The molecular formula is C33H55N3O7. The van der Waals surface area contributed by atoms with Crippen molar-refractivity contribution in [3.63, 3.8) is 0 Å². The maximum atomic E-state index is 14.0. The van der Waals surface area contributed by atoms with Crippen LogP contribution in [0, 0.1) is 17.8 Å². The minimum Gasteiger partial charge on any atom is -0.460 e. The fourth-order valence-electron chi connectivity index (χ4n) is 5.11. The van der Waals surface area contributed by atoms with Crippen molar-refractivity contribution in [3.05, 3.63) is 35.9 Å². The van der Waals surface area contributed by atoms with E-state index in [0.717, 1.165) is 12.0 Å². The molecule has 0 saturated carbocycles. The predicted octanol–water partition coefficient (Wildman–Crippen LogP) is 5.04. The van der Waals surface area contributed by atoms with E-state index < -0.39 is 47.8 Å². The number of ether oxygens (including phenoxy) is 3. The number of hydrogen-bond donors (Lipinski definition) is 1. The van der Waals surface area contributed by atoms with E-state index >= 15 is 0 Å². The molecule has 0 aromatic heterocycles. The van der Waals surface area contributed by atoms with Gasteiger partial charge in [0.1, 0.15) is 24.3 Å². The Morgan fingerprint density at radius 1 is 0.907 bits per heavy atom. The SMILES string of the molecule is CC[C@H](C)[C@@H]([C@@H](CC(=O)OC(C)(C)C)OC)N(C)C(=O)[C@@H](NC(=O)[C@H](C(C)C)N(C)C(=O)OCc1ccccc1)C(C)C. The predicted molar refractivity (Wildman–Crippen MR) is 167 cm³/mol. The fourth-order valence-corrected chi connectivity index (χ4v) is 5.11. The standard InChI is InChI=1S/C33H55N3O7/c1-13-23(6)29(25(41-12)19-26(37)43-33(7,8)9)35(10)31(39)27(21(2)3)34-30(38)28(22(4)5)36(11)32(40)42-20-24-17-15-14-16-18-24/h14-18,21-23,25,27-29H,13,19-20H2,1-12H3,(H,34,38)/t23-,25+,27-,28-,29-/m0/s1. The molecule has 1 N–H and O–H groups in total. The summed E-state index contributed by atoms with van der Waals surface area (Å²) in [5.74, 6) is -1.70. The van der Waals surface area contributed by atoms with Gasteiger partial charge in [0.15, 0.2) is 0 Å². The molecular weight excluding hydrogens is 550 g/mol. The molecule has 0 saturated heterocycles. The van der Waals surface area contributed by atoms with Gasteiger partial charge in [-0.3, -0.25) is 19.3 Å². The van der Waals surface area contributed by atoms with Crippen LogP contribution in [0.1, 0.15) is 80.7 Å². The van der Waals surface area contributed by atoms with Gasteiger partial charge in [-0.2, -0.15) is 0 Å². The topological polar surface area (TPSA) is 114 Å². The summed E-state index contributed by atoms with van der Waals surface area (Å²) in [7, 11) is 4.72. The number of esters is 1. The van der Waals surface area contributed by atoms with Gasteiger partial charge < -0.3 is 24.4 Å². The highest BCUT2D eigenvalue weighted by molar-refractivity contribution is 5.91. The van der Waals surface area contributed by atoms with Gasteiger partial charge in [0.25, 0.3) is 0 Å². The monoisotopic (exact) mass is 605 g/mol. The van der Waals surface area contributed by atoms with E-state index in [0.29, 0.717) is 0 Å². The number of likely N-dealkylation sites (N-methyl/N-ethyl adjacent to an activating group) is 2. The van der Waals surface area contributed by atoms with E-state index in [-0.39, 0.29) is 36.7 Å². The molecule has 0 aliphatic carbocycles. The van der Waals surface area contributed by atoms with Gasteiger partial charge in [-0.15, -0.1) is 0 Å². The van der Waals surface area contributed by atoms with Crippen molar-refractivity contribution in [1.82, 2.24) is 15.1 Å². The van der Waals surface area contributed by atoms with Gasteiger partial charge in [0.2, 0.25) is 11.8 Å². The van der Waals surface area contributed by atoms with E-state index in [4.69, 9.17) is 14.2 Å². The molecule has 1 aromatic carbocycles. The largest absolute Gasteiger partial charge is 0.460 e. The molecule has 0 fully saturated rings. The van der Waals surface area contributed by atoms with E-state index in [2.05, 4.69) is 5.32 Å². The Balaban J connectivity index is 3.16. The summed E-state index contributed by atoms with van der Waals surface area (Å²) in [5, 5.41) is 2.92. The Kier molecular flexibility index (Phi) is 15.2. The Morgan fingerprint density at radius 2 is 1.49 bits per heavy atom. The molecule has 1 rings (SSSR count). The summed E-state index contributed by atoms with van der Waals surface area (Å²) >= 11 is 0. The smallest absolute Gasteiger partial charge is 0.410 e. The van der Waals surface area contributed by atoms with Gasteiger partial charge in [-0.05, 0) is 44.1 Å². The first-order chi connectivity index (χ1) is 19.9. The number of carbonyl (C=O) groups excluding carboxylic acids is 4. The lowest BCUT2D eigenvalue weighted by atomic mass is 9.90. The van der Waals surface area contributed by atoms with Crippen molar-refractivity contribution in [3.8, 4) is 0 Å². The minimum atomic E-state index is -0.877. The lowest BCUT2D eigenvalue weighted by molar-refractivity contribution is -0.161. The molecule has 5 atom stereocenters. The first kappa shape index (κ1) is 37.9. The van der Waals surface area contributed by atoms with E-state index in [1.165, 1.54) is 19.1 Å². The first-order valence-corrected chi connectivity index (χ1v) is 15.2. The van der Waals surface area contributed by atoms with Crippen LogP contribution in [0.5, 0.6) is 0 Å². The van der Waals surface area contributed by atoms with Crippen LogP contribution in [0.4, 0.5) is 4.79 Å². The van der Waals surface area contributed by atoms with Crippen LogP contribution in [0.25, 0.3) is 0 Å². The average molecular weight is 606 g/mol. The van der Waals surface area contributed by atoms with Gasteiger partial charge in [-0.25, -0.2) is 4.79 Å². The van der Waals surface area contributed by atoms with Crippen molar-refractivity contribution in [1.29, 1.82) is 0 Å². The third kappa shape index (κ3) is 11.8. The second-order valence-corrected chi connectivity index (χ2v) is 13.0. The summed E-state index contributed by atoms with van der Waals surface area (Å²) in [6.45, 7) is 16.9. The number of benzene rings is 1. The molecule has 1 aromatic rings. The fraction of sp³-hybridized carbons (Fsp3) is 0.697. The van der Waals surface area contributed by atoms with Crippen LogP contribution < -0.4 is 5.32 Å². The molecule has 0 bridgehead atoms. The Labute approximate surface area is 258 Å². The molecule has 0 spiro atoms. The molecule has 244 valence electrons. The average Bonchev–Trinajstić information content (AvgIpc) is 2.92. The minimum absolute atomic E-state index is 0.0150. The van der Waals surface area contributed by atoms with Gasteiger partial charge in [0.05, 0.1) is 18.6 Å². The maximum Gasteiger partial charge on any atom is 0.410 e. The first-order valence-electron chi connectivity index (χ1n) is 15.2. The van der Waals surface area contributed by atoms with Gasteiger partial charge >= 0.3 is 12.1 Å². The zero-order chi connectivity index (χ0) is 33.1. The second kappa shape index (κ2) is 17.2. The lowest BCUT2D eigenvalue weighted by Gasteiger charge is -2.40. The van der Waals surface area contributed by atoms with Crippen molar-refractivity contribution in [2.24, 2.45) is 17.8 Å². The molecule has 0 aliphatic rings. The summed E-state index contributed by atoms with van der Waals surface area (Å²) < 4.78 is 16.7. The number of methoxy groups -OCH3 is 1. The summed E-state index contributed by atoms with van der Waals surface area (Å²) in [6, 6.07) is 7.09. The highest BCUT2D eigenvalue weighted by Gasteiger charge is 2.40. The molecule has 0 aliphatic heterocycles. The van der Waals surface area contributed by atoms with Gasteiger partial charge in [-0.1, -0.05) is 78.3 Å². The maximum absolute atomic E-state index is 14.0. The van der Waals surface area contributed by atoms with Crippen molar-refractivity contribution in [2.75, 3.05) is 21.2 Å². The third-order valence-corrected chi connectivity index (χ3v) is 7.53. The van der Waals surface area contributed by atoms with Crippen molar-refractivity contribution >= 4 is 23.9 Å². The van der Waals surface area contributed by atoms with Gasteiger partial charge in [0, 0.05) is 21.2 Å². The van der Waals surface area contributed by atoms with E-state index in [9.17, 15) is 19.2 Å². The molecule has 0 heterocycles. The second-order valence-electron chi connectivity index (χ2n) is 13.0. The number of nitrogens with zero attached hydrogens (tertiary/aromatic N) is 2. The normalized spacial score (nSPS) is 15.2. The van der Waals surface area contributed by atoms with Crippen LogP contribution in [0.3, 0.4) is 0 Å². The zero-order valence-electron chi connectivity index (χ0n) is 28.3. The molecule has 0 radical (unpaired) electrons. The molecule has 0 unspecified atom stereocenters. The third-order valence-electron chi connectivity index (χ3n) is 7.53. The number of nitrogens with one attached hydrogen (secondary N) is 1. The van der Waals surface area contributed by atoms with E-state index in [1.807, 2.05) is 71.9 Å². The highest BCUT2D eigenvalue weighted by Crippen LogP contribution is 2.24. The summed E-state index contributed by atoms with van der Waals surface area (Å²) in [5.41, 5.74) is 0.185. The van der Waals surface area contributed by atoms with Crippen LogP contribution in [0.15, 0.2) is 30.3 Å². The Bertz CT molecular complexity index is 1040. The van der Waals surface area contributed by atoms with Crippen LogP contribution >= 0.6 is 0 Å². The Hall–Kier alpha value is -3.14. The Morgan fingerprint density at radius 3 is 1.95 bits per heavy atom. The zero-order valence-corrected chi connectivity index (χ0v) is 28.3. The summed E-state index contributed by atoms with van der Waals surface area (Å²) in [6.07, 6.45) is -0.536. The summed E-state index contributed by atoms with van der Waals surface area (Å²) in [4.78, 5) is 56.1. The molecule has 10 heteroatoms. The van der Waals surface area contributed by atoms with Crippen LogP contribution in [-0.2, 0) is 35.2 Å². The number of carbonyl (C=O) groups is 4. The number of hydrogen-bond acceptors (Lipinski definition) is 7. The van der Waals surface area contributed by atoms with Crippen molar-refractivity contribution in [2.45, 2.75) is 112 Å². The van der Waals surface area contributed by atoms with Crippen molar-refractivity contribution < 1.29 is 33.4 Å².